The summed E-state index contributed by atoms with van der Waals surface area (Å²) in [5.74, 6) is -0.0555. The zero-order valence-corrected chi connectivity index (χ0v) is 9.68. The van der Waals surface area contributed by atoms with Gasteiger partial charge in [-0.25, -0.2) is 0 Å². The van der Waals surface area contributed by atoms with E-state index in [1.54, 1.807) is 6.08 Å². The highest BCUT2D eigenvalue weighted by Crippen LogP contribution is 2.27. The van der Waals surface area contributed by atoms with Crippen molar-refractivity contribution in [3.8, 4) is 0 Å². The van der Waals surface area contributed by atoms with Crippen molar-refractivity contribution in [3.05, 3.63) is 82.8 Å². The summed E-state index contributed by atoms with van der Waals surface area (Å²) < 4.78 is 0. The molecule has 1 N–H and O–H groups in total. The lowest BCUT2D eigenvalue weighted by atomic mass is 10.0. The number of nitrogens with one attached hydrogen (secondary N) is 1. The summed E-state index contributed by atoms with van der Waals surface area (Å²) in [6, 6.07) is 9.83. The van der Waals surface area contributed by atoms with Gasteiger partial charge in [-0.05, 0) is 35.9 Å². The summed E-state index contributed by atoms with van der Waals surface area (Å²) in [7, 11) is 0. The maximum atomic E-state index is 11.9. The molecule has 1 amide bonds. The summed E-state index contributed by atoms with van der Waals surface area (Å²) >= 11 is 0. The predicted octanol–water partition coefficient (Wildman–Crippen LogP) is 2.74. The molecular weight excluding hydrogens is 222 g/mol. The lowest BCUT2D eigenvalue weighted by Gasteiger charge is -1.98. The van der Waals surface area contributed by atoms with Gasteiger partial charge in [-0.3, -0.25) is 4.79 Å². The van der Waals surface area contributed by atoms with Gasteiger partial charge in [-0.2, -0.15) is 0 Å². The zero-order valence-electron chi connectivity index (χ0n) is 9.68. The lowest BCUT2D eigenvalue weighted by Crippen LogP contribution is -2.12. The first-order valence-corrected chi connectivity index (χ1v) is 5.76. The normalized spacial score (nSPS) is 19.1. The molecule has 1 fully saturated rings. The van der Waals surface area contributed by atoms with Crippen LogP contribution in [-0.4, -0.2) is 5.91 Å². The highest BCUT2D eigenvalue weighted by molar-refractivity contribution is 6.09. The molecule has 0 saturated carbocycles. The molecule has 86 valence electrons. The predicted molar refractivity (Wildman–Crippen MR) is 71.4 cm³/mol. The van der Waals surface area contributed by atoms with Gasteiger partial charge in [0.1, 0.15) is 0 Å². The minimum Gasteiger partial charge on any atom is -0.321 e. The molecule has 1 aromatic rings. The Balaban J connectivity index is 2.07. The van der Waals surface area contributed by atoms with E-state index in [9.17, 15) is 4.79 Å². The molecular formula is C16H11NO. The number of allylic oxidation sites excluding steroid dienone is 4. The van der Waals surface area contributed by atoms with Crippen molar-refractivity contribution in [1.29, 1.82) is 0 Å². The first-order chi connectivity index (χ1) is 8.84. The van der Waals surface area contributed by atoms with E-state index in [1.165, 1.54) is 0 Å². The number of fused-ring (bicyclic) bond motifs is 1. The number of amides is 1. The van der Waals surface area contributed by atoms with E-state index in [2.05, 4.69) is 11.0 Å². The average Bonchev–Trinajstić information content (AvgIpc) is 2.56. The van der Waals surface area contributed by atoms with Crippen LogP contribution in [0.2, 0.25) is 0 Å². The van der Waals surface area contributed by atoms with Crippen molar-refractivity contribution in [2.24, 2.45) is 0 Å². The zero-order chi connectivity index (χ0) is 12.4. The van der Waals surface area contributed by atoms with Crippen LogP contribution in [0.25, 0.3) is 6.08 Å². The molecule has 0 radical (unpaired) electrons. The Morgan fingerprint density at radius 3 is 2.67 bits per heavy atom. The second-order valence-electron chi connectivity index (χ2n) is 4.08. The maximum Gasteiger partial charge on any atom is 0.256 e. The Morgan fingerprint density at radius 2 is 1.83 bits per heavy atom. The van der Waals surface area contributed by atoms with Crippen molar-refractivity contribution >= 4 is 12.0 Å². The number of hydrogen-bond acceptors (Lipinski definition) is 1. The maximum absolute atomic E-state index is 11.9. The van der Waals surface area contributed by atoms with Crippen LogP contribution in [0.4, 0.5) is 0 Å². The molecule has 1 aliphatic heterocycles. The summed E-state index contributed by atoms with van der Waals surface area (Å²) in [6.45, 7) is 0. The van der Waals surface area contributed by atoms with Crippen molar-refractivity contribution in [2.45, 2.75) is 0 Å². The first-order valence-electron chi connectivity index (χ1n) is 5.76. The number of hydrogen-bond donors (Lipinski definition) is 1. The number of carbonyl (C=O) groups is 1. The van der Waals surface area contributed by atoms with Gasteiger partial charge < -0.3 is 5.32 Å². The van der Waals surface area contributed by atoms with Gasteiger partial charge in [0.25, 0.3) is 5.91 Å². The van der Waals surface area contributed by atoms with Gasteiger partial charge in [0.05, 0.1) is 0 Å². The Bertz CT molecular complexity index is 654. The monoisotopic (exact) mass is 233 g/mol. The van der Waals surface area contributed by atoms with Crippen LogP contribution in [0, 0.1) is 0 Å². The topological polar surface area (TPSA) is 29.1 Å². The highest BCUT2D eigenvalue weighted by atomic mass is 16.2. The van der Waals surface area contributed by atoms with E-state index >= 15 is 0 Å². The molecule has 2 nitrogen and oxygen atoms in total. The third kappa shape index (κ3) is 1.86. The molecule has 2 heteroatoms. The standard InChI is InChI=1S/C16H11NO/c18-16-14(11-12-7-3-1-4-8-12)13-9-5-2-6-10-15(13)17-16/h1,3-11H,(H,17,18). The minimum atomic E-state index is -0.0555. The highest BCUT2D eigenvalue weighted by Gasteiger charge is 2.26. The van der Waals surface area contributed by atoms with Crippen LogP contribution in [-0.2, 0) is 4.79 Å². The van der Waals surface area contributed by atoms with Crippen LogP contribution in [0.1, 0.15) is 5.56 Å². The molecule has 0 unspecified atom stereocenters. The molecule has 1 heterocycles. The molecule has 1 saturated heterocycles. The molecule has 0 atom stereocenters. The van der Waals surface area contributed by atoms with Gasteiger partial charge in [0.2, 0.25) is 0 Å². The third-order valence-corrected chi connectivity index (χ3v) is 2.88. The minimum absolute atomic E-state index is 0.0555. The largest absolute Gasteiger partial charge is 0.321 e. The molecule has 0 bridgehead atoms. The molecule has 1 aromatic carbocycles. The van der Waals surface area contributed by atoms with Gasteiger partial charge in [0.15, 0.2) is 0 Å². The van der Waals surface area contributed by atoms with Crippen molar-refractivity contribution in [2.75, 3.05) is 0 Å². The molecule has 18 heavy (non-hydrogen) atoms. The first kappa shape index (κ1) is 10.6. The van der Waals surface area contributed by atoms with E-state index < -0.39 is 0 Å². The fraction of sp³-hybridized carbons (Fsp3) is 0. The van der Waals surface area contributed by atoms with E-state index in [0.717, 1.165) is 16.8 Å². The van der Waals surface area contributed by atoms with Crippen molar-refractivity contribution in [1.82, 2.24) is 5.32 Å². The van der Waals surface area contributed by atoms with Crippen LogP contribution in [0.3, 0.4) is 0 Å². The Labute approximate surface area is 105 Å². The molecule has 2 aliphatic rings. The number of benzene rings is 1. The second-order valence-corrected chi connectivity index (χ2v) is 4.08. The molecule has 0 aromatic heterocycles. The Hall–Kier alpha value is -2.57. The second kappa shape index (κ2) is 4.36. The fourth-order valence-corrected chi connectivity index (χ4v) is 2.01. The van der Waals surface area contributed by atoms with Crippen molar-refractivity contribution in [3.63, 3.8) is 0 Å². The summed E-state index contributed by atoms with van der Waals surface area (Å²) in [5, 5.41) is 2.86. The summed E-state index contributed by atoms with van der Waals surface area (Å²) in [6.07, 6.45) is 9.28. The summed E-state index contributed by atoms with van der Waals surface area (Å²) in [4.78, 5) is 11.9. The van der Waals surface area contributed by atoms with E-state index in [4.69, 9.17) is 0 Å². The van der Waals surface area contributed by atoms with E-state index in [1.807, 2.05) is 54.6 Å². The Morgan fingerprint density at radius 1 is 1.06 bits per heavy atom. The van der Waals surface area contributed by atoms with Crippen LogP contribution in [0.5, 0.6) is 0 Å². The van der Waals surface area contributed by atoms with Crippen LogP contribution >= 0.6 is 0 Å². The SMILES string of the molecule is O=C1NC2=CC=C=CC=C2C1=Cc1ccccc1. The smallest absolute Gasteiger partial charge is 0.256 e. The molecule has 1 aliphatic carbocycles. The quantitative estimate of drug-likeness (QED) is 0.586. The third-order valence-electron chi connectivity index (χ3n) is 2.88. The lowest BCUT2D eigenvalue weighted by molar-refractivity contribution is -0.115. The fourth-order valence-electron chi connectivity index (χ4n) is 2.01. The van der Waals surface area contributed by atoms with Gasteiger partial charge in [-0.15, -0.1) is 5.73 Å². The molecule has 0 spiro atoms. The van der Waals surface area contributed by atoms with Crippen molar-refractivity contribution < 1.29 is 4.79 Å². The van der Waals surface area contributed by atoms with Crippen LogP contribution in [0.15, 0.2) is 77.2 Å². The number of carbonyl (C=O) groups excluding carboxylic acids is 1. The van der Waals surface area contributed by atoms with Gasteiger partial charge in [-0.1, -0.05) is 30.3 Å². The van der Waals surface area contributed by atoms with Crippen LogP contribution < -0.4 is 5.32 Å². The molecule has 3 rings (SSSR count). The van der Waals surface area contributed by atoms with Gasteiger partial charge in [0, 0.05) is 16.8 Å². The summed E-state index contributed by atoms with van der Waals surface area (Å²) in [5.41, 5.74) is 6.47. The average molecular weight is 233 g/mol. The number of rotatable bonds is 1. The Kier molecular flexibility index (Phi) is 2.56. The van der Waals surface area contributed by atoms with Gasteiger partial charge >= 0.3 is 0 Å². The van der Waals surface area contributed by atoms with E-state index in [0.29, 0.717) is 5.57 Å². The van der Waals surface area contributed by atoms with E-state index in [-0.39, 0.29) is 5.91 Å².